The van der Waals surface area contributed by atoms with Crippen molar-refractivity contribution in [1.29, 1.82) is 0 Å². The van der Waals surface area contributed by atoms with E-state index in [1.54, 1.807) is 0 Å². The fourth-order valence-corrected chi connectivity index (χ4v) is 7.27. The highest BCUT2D eigenvalue weighted by molar-refractivity contribution is 7.47. The number of carbonyl (C=O) groups excluding carboxylic acids is 2. The fraction of sp³-hybridized carbons (Fsp3) is 0.814. The lowest BCUT2D eigenvalue weighted by molar-refractivity contribution is -0.161. The second-order valence-electron chi connectivity index (χ2n) is 15.6. The van der Waals surface area contributed by atoms with Gasteiger partial charge in [-0.1, -0.05) is 147 Å². The van der Waals surface area contributed by atoms with E-state index in [0.717, 1.165) is 50.9 Å². The lowest BCUT2D eigenvalue weighted by atomic mass is 9.99. The molecule has 0 bridgehead atoms. The van der Waals surface area contributed by atoms with Crippen molar-refractivity contribution in [3.63, 3.8) is 0 Å². The maximum atomic E-state index is 12.7. The summed E-state index contributed by atoms with van der Waals surface area (Å²) in [6, 6.07) is 0. The molecule has 0 aromatic heterocycles. The number of unbranched alkanes of at least 4 members (excludes halogenated alkanes) is 12. The summed E-state index contributed by atoms with van der Waals surface area (Å²) in [6.45, 7) is 4.00. The molecule has 14 nitrogen and oxygen atoms in total. The van der Waals surface area contributed by atoms with Crippen molar-refractivity contribution in [2.24, 2.45) is 5.92 Å². The SMILES string of the molecule is CCCCCC1OC1C/C=C\C/C=C\C/C=C\CCCC(=O)O[C@H](COC(=O)CCCCCCCCCCCCC(C)CC)COP(=O)(O)OC[C@@H](O)COP(=O)(O)O. The second-order valence-corrected chi connectivity index (χ2v) is 18.3. The molecule has 0 amide bonds. The van der Waals surface area contributed by atoms with Crippen LogP contribution in [0.2, 0.25) is 0 Å². The summed E-state index contributed by atoms with van der Waals surface area (Å²) < 4.78 is 53.4. The summed E-state index contributed by atoms with van der Waals surface area (Å²) in [5, 5.41) is 9.75. The highest BCUT2D eigenvalue weighted by Crippen LogP contribution is 2.44. The van der Waals surface area contributed by atoms with Gasteiger partial charge in [-0.25, -0.2) is 9.13 Å². The lowest BCUT2D eigenvalue weighted by Crippen LogP contribution is -2.29. The van der Waals surface area contributed by atoms with Gasteiger partial charge in [-0.15, -0.1) is 0 Å². The summed E-state index contributed by atoms with van der Waals surface area (Å²) in [5.41, 5.74) is 0. The Morgan fingerprint density at radius 2 is 1.24 bits per heavy atom. The molecule has 1 fully saturated rings. The van der Waals surface area contributed by atoms with Gasteiger partial charge in [-0.3, -0.25) is 23.2 Å². The van der Waals surface area contributed by atoms with Crippen LogP contribution in [0.4, 0.5) is 0 Å². The number of aliphatic hydroxyl groups is 1. The molecule has 344 valence electrons. The van der Waals surface area contributed by atoms with Crippen LogP contribution in [0, 0.1) is 5.92 Å². The Kier molecular flexibility index (Phi) is 32.7. The molecule has 16 heteroatoms. The van der Waals surface area contributed by atoms with Crippen LogP contribution < -0.4 is 0 Å². The van der Waals surface area contributed by atoms with Gasteiger partial charge in [-0.2, -0.15) is 0 Å². The largest absolute Gasteiger partial charge is 0.472 e. The predicted octanol–water partition coefficient (Wildman–Crippen LogP) is 10.1. The van der Waals surface area contributed by atoms with Crippen molar-refractivity contribution < 1.29 is 66.3 Å². The van der Waals surface area contributed by atoms with Crippen molar-refractivity contribution in [2.45, 2.75) is 193 Å². The van der Waals surface area contributed by atoms with Crippen LogP contribution in [-0.2, 0) is 46.5 Å². The topological polar surface area (TPSA) is 208 Å². The Labute approximate surface area is 354 Å². The van der Waals surface area contributed by atoms with Gasteiger partial charge < -0.3 is 34.0 Å². The number of phosphoric ester groups is 2. The van der Waals surface area contributed by atoms with E-state index in [1.807, 2.05) is 12.2 Å². The maximum absolute atomic E-state index is 12.7. The van der Waals surface area contributed by atoms with Gasteiger partial charge in [0.15, 0.2) is 6.10 Å². The molecule has 4 unspecified atom stereocenters. The van der Waals surface area contributed by atoms with Gasteiger partial charge >= 0.3 is 27.6 Å². The van der Waals surface area contributed by atoms with Gasteiger partial charge in [0.1, 0.15) is 12.7 Å². The molecule has 1 aliphatic heterocycles. The summed E-state index contributed by atoms with van der Waals surface area (Å²) in [4.78, 5) is 52.7. The van der Waals surface area contributed by atoms with Crippen LogP contribution in [0.3, 0.4) is 0 Å². The third kappa shape index (κ3) is 35.6. The van der Waals surface area contributed by atoms with Gasteiger partial charge in [0.05, 0.1) is 32.0 Å². The number of epoxide rings is 1. The first-order chi connectivity index (χ1) is 28.2. The minimum absolute atomic E-state index is 0.0525. The second kappa shape index (κ2) is 34.8. The standard InChI is InChI=1S/C43H78O14P2/c1-4-6-23-29-40-41(57-40)30-25-20-16-12-8-10-14-18-22-27-32-43(46)56-39(36-55-59(50,51)54-34-38(44)33-53-58(47,48)49)35-52-42(45)31-26-21-17-13-9-7-11-15-19-24-28-37(3)5-2/h8,12,14,18,20,25,37-41,44H,4-7,9-11,13,15-17,19,21-24,26-36H2,1-3H3,(H,50,51)(H2,47,48,49)/b12-8-,18-14-,25-20-/t37?,38-,39+,40?,41?/m0/s1. The maximum Gasteiger partial charge on any atom is 0.472 e. The molecule has 1 heterocycles. The van der Waals surface area contributed by atoms with E-state index in [4.69, 9.17) is 28.5 Å². The first-order valence-electron chi connectivity index (χ1n) is 22.2. The van der Waals surface area contributed by atoms with Crippen molar-refractivity contribution in [3.05, 3.63) is 36.5 Å². The Hall–Kier alpha value is -1.70. The van der Waals surface area contributed by atoms with Crippen LogP contribution in [0.25, 0.3) is 0 Å². The van der Waals surface area contributed by atoms with Crippen molar-refractivity contribution in [2.75, 3.05) is 26.4 Å². The van der Waals surface area contributed by atoms with E-state index in [-0.39, 0.29) is 12.8 Å². The highest BCUT2D eigenvalue weighted by Gasteiger charge is 2.36. The Morgan fingerprint density at radius 3 is 1.88 bits per heavy atom. The van der Waals surface area contributed by atoms with Crippen molar-refractivity contribution >= 4 is 27.6 Å². The molecule has 6 atom stereocenters. The Balaban J connectivity index is 2.39. The third-order valence-corrected chi connectivity index (χ3v) is 11.4. The number of carbonyl (C=O) groups is 2. The first-order valence-corrected chi connectivity index (χ1v) is 25.2. The Morgan fingerprint density at radius 1 is 0.661 bits per heavy atom. The van der Waals surface area contributed by atoms with Crippen molar-refractivity contribution in [3.8, 4) is 0 Å². The van der Waals surface area contributed by atoms with E-state index in [2.05, 4.69) is 54.1 Å². The predicted molar refractivity (Wildman–Crippen MR) is 229 cm³/mol. The summed E-state index contributed by atoms with van der Waals surface area (Å²) in [6.07, 6.45) is 33.2. The number of hydrogen-bond acceptors (Lipinski definition) is 11. The van der Waals surface area contributed by atoms with E-state index in [0.29, 0.717) is 31.5 Å². The highest BCUT2D eigenvalue weighted by atomic mass is 31.2. The average molecular weight is 881 g/mol. The summed E-state index contributed by atoms with van der Waals surface area (Å²) >= 11 is 0. The molecule has 0 spiro atoms. The van der Waals surface area contributed by atoms with E-state index < -0.39 is 66.2 Å². The van der Waals surface area contributed by atoms with Crippen LogP contribution in [0.1, 0.15) is 168 Å². The van der Waals surface area contributed by atoms with Crippen LogP contribution in [0.15, 0.2) is 36.5 Å². The number of hydrogen-bond donors (Lipinski definition) is 4. The molecule has 4 N–H and O–H groups in total. The van der Waals surface area contributed by atoms with Crippen LogP contribution in [0.5, 0.6) is 0 Å². The number of aliphatic hydroxyl groups excluding tert-OH is 1. The number of allylic oxidation sites excluding steroid dienone is 5. The average Bonchev–Trinajstić information content (AvgIpc) is 3.95. The number of rotatable bonds is 40. The quantitative estimate of drug-likeness (QED) is 0.0149. The minimum atomic E-state index is -4.87. The number of esters is 2. The molecular formula is C43H78O14P2. The molecule has 59 heavy (non-hydrogen) atoms. The fourth-order valence-electron chi connectivity index (χ4n) is 6.12. The molecule has 1 saturated heterocycles. The zero-order valence-electron chi connectivity index (χ0n) is 36.2. The van der Waals surface area contributed by atoms with Gasteiger partial charge in [0, 0.05) is 12.8 Å². The normalized spacial score (nSPS) is 18.4. The van der Waals surface area contributed by atoms with Gasteiger partial charge in [0.2, 0.25) is 0 Å². The molecule has 1 aliphatic rings. The number of ether oxygens (including phenoxy) is 3. The smallest absolute Gasteiger partial charge is 0.462 e. The molecular weight excluding hydrogens is 802 g/mol. The molecule has 0 aromatic rings. The molecule has 1 rings (SSSR count). The molecule has 0 radical (unpaired) electrons. The van der Waals surface area contributed by atoms with E-state index in [1.165, 1.54) is 70.6 Å². The zero-order chi connectivity index (χ0) is 43.6. The van der Waals surface area contributed by atoms with Gasteiger partial charge in [0.25, 0.3) is 0 Å². The summed E-state index contributed by atoms with van der Waals surface area (Å²) in [5.74, 6) is -0.279. The van der Waals surface area contributed by atoms with Crippen molar-refractivity contribution in [1.82, 2.24) is 0 Å². The molecule has 0 aromatic carbocycles. The van der Waals surface area contributed by atoms with Crippen LogP contribution >= 0.6 is 15.6 Å². The van der Waals surface area contributed by atoms with E-state index >= 15 is 0 Å². The lowest BCUT2D eigenvalue weighted by Gasteiger charge is -2.20. The first kappa shape index (κ1) is 55.3. The third-order valence-electron chi connectivity index (χ3n) is 9.99. The van der Waals surface area contributed by atoms with Crippen LogP contribution in [-0.4, -0.2) is 82.6 Å². The van der Waals surface area contributed by atoms with Gasteiger partial charge in [-0.05, 0) is 50.9 Å². The molecule has 0 saturated carbocycles. The monoisotopic (exact) mass is 880 g/mol. The number of phosphoric acid groups is 2. The zero-order valence-corrected chi connectivity index (χ0v) is 38.0. The minimum Gasteiger partial charge on any atom is -0.462 e. The Bertz CT molecular complexity index is 1270. The molecule has 0 aliphatic carbocycles. The van der Waals surface area contributed by atoms with E-state index in [9.17, 15) is 28.7 Å². The summed E-state index contributed by atoms with van der Waals surface area (Å²) in [7, 11) is -9.69.